The maximum absolute atomic E-state index is 13.1. The van der Waals surface area contributed by atoms with Gasteiger partial charge in [0, 0.05) is 29.6 Å². The molecule has 0 radical (unpaired) electrons. The highest BCUT2D eigenvalue weighted by molar-refractivity contribution is 9.10. The Morgan fingerprint density at radius 1 is 1.16 bits per heavy atom. The molecular formula is C17H17BrClN3O2S. The van der Waals surface area contributed by atoms with Crippen LogP contribution in [0.2, 0.25) is 0 Å². The van der Waals surface area contributed by atoms with Gasteiger partial charge in [0.15, 0.2) is 0 Å². The van der Waals surface area contributed by atoms with Gasteiger partial charge in [0.2, 0.25) is 0 Å². The molecule has 2 heterocycles. The molecule has 0 aliphatic rings. The SMILES string of the molecule is CNCc1cc(-c2ccccc2)n(S(=O)(=O)c2cncc(Br)c2)c1.Cl. The number of rotatable bonds is 5. The van der Waals surface area contributed by atoms with Gasteiger partial charge in [-0.3, -0.25) is 4.98 Å². The summed E-state index contributed by atoms with van der Waals surface area (Å²) in [5.74, 6) is 0. The molecule has 0 amide bonds. The second kappa shape index (κ2) is 8.14. The van der Waals surface area contributed by atoms with E-state index in [4.69, 9.17) is 0 Å². The molecule has 0 unspecified atom stereocenters. The number of nitrogens with one attached hydrogen (secondary N) is 1. The van der Waals surface area contributed by atoms with Gasteiger partial charge in [-0.1, -0.05) is 30.3 Å². The number of hydrogen-bond acceptors (Lipinski definition) is 4. The average Bonchev–Trinajstić information content (AvgIpc) is 3.01. The van der Waals surface area contributed by atoms with Crippen LogP contribution in [0.25, 0.3) is 11.3 Å². The minimum atomic E-state index is -3.74. The van der Waals surface area contributed by atoms with Crippen molar-refractivity contribution in [3.05, 3.63) is 71.1 Å². The van der Waals surface area contributed by atoms with E-state index in [0.717, 1.165) is 11.1 Å². The fourth-order valence-corrected chi connectivity index (χ4v) is 4.37. The Balaban J connectivity index is 0.00000225. The minimum Gasteiger partial charge on any atom is -0.316 e. The van der Waals surface area contributed by atoms with Gasteiger partial charge in [0.25, 0.3) is 10.0 Å². The standard InChI is InChI=1S/C17H16BrN3O2S.ClH/c1-19-9-13-7-17(14-5-3-2-4-6-14)21(12-13)24(22,23)16-8-15(18)10-20-11-16;/h2-8,10-12,19H,9H2,1H3;1H. The topological polar surface area (TPSA) is 64.0 Å². The fraction of sp³-hybridized carbons (Fsp3) is 0.118. The first-order chi connectivity index (χ1) is 11.5. The first-order valence-corrected chi connectivity index (χ1v) is 9.53. The molecule has 8 heteroatoms. The summed E-state index contributed by atoms with van der Waals surface area (Å²) in [6, 6.07) is 12.9. The van der Waals surface area contributed by atoms with Crippen LogP contribution in [0.15, 0.2) is 70.4 Å². The number of hydrogen-bond donors (Lipinski definition) is 1. The zero-order chi connectivity index (χ0) is 17.2. The van der Waals surface area contributed by atoms with Gasteiger partial charge in [-0.2, -0.15) is 0 Å². The average molecular weight is 443 g/mol. The van der Waals surface area contributed by atoms with Gasteiger partial charge in [0.05, 0.1) is 5.69 Å². The maximum Gasteiger partial charge on any atom is 0.269 e. The number of nitrogens with zero attached hydrogens (tertiary/aromatic N) is 2. The maximum atomic E-state index is 13.1. The molecule has 0 bridgehead atoms. The summed E-state index contributed by atoms with van der Waals surface area (Å²) in [6.45, 7) is 0.582. The summed E-state index contributed by atoms with van der Waals surface area (Å²) in [5, 5.41) is 3.05. The van der Waals surface area contributed by atoms with Crippen molar-refractivity contribution in [1.29, 1.82) is 0 Å². The van der Waals surface area contributed by atoms with Gasteiger partial charge in [-0.15, -0.1) is 12.4 Å². The summed E-state index contributed by atoms with van der Waals surface area (Å²) in [6.07, 6.45) is 4.56. The van der Waals surface area contributed by atoms with E-state index in [2.05, 4.69) is 26.2 Å². The zero-order valence-electron chi connectivity index (χ0n) is 13.4. The Bertz CT molecular complexity index is 959. The van der Waals surface area contributed by atoms with Crippen LogP contribution in [0.4, 0.5) is 0 Å². The summed E-state index contributed by atoms with van der Waals surface area (Å²) in [4.78, 5) is 4.11. The Morgan fingerprint density at radius 2 is 1.88 bits per heavy atom. The Labute approximate surface area is 161 Å². The molecular weight excluding hydrogens is 426 g/mol. The molecule has 1 N–H and O–H groups in total. The van der Waals surface area contributed by atoms with Crippen LogP contribution in [0, 0.1) is 0 Å². The van der Waals surface area contributed by atoms with E-state index in [1.54, 1.807) is 18.5 Å². The third-order valence-corrected chi connectivity index (χ3v) is 5.60. The molecule has 0 atom stereocenters. The largest absolute Gasteiger partial charge is 0.316 e. The van der Waals surface area contributed by atoms with Crippen molar-refractivity contribution in [3.63, 3.8) is 0 Å². The molecule has 5 nitrogen and oxygen atoms in total. The van der Waals surface area contributed by atoms with E-state index in [1.165, 1.54) is 10.2 Å². The predicted molar refractivity (Wildman–Crippen MR) is 104 cm³/mol. The number of benzene rings is 1. The number of halogens is 2. The molecule has 1 aromatic carbocycles. The second-order valence-electron chi connectivity index (χ2n) is 5.27. The van der Waals surface area contributed by atoms with E-state index in [1.807, 2.05) is 43.4 Å². The smallest absolute Gasteiger partial charge is 0.269 e. The van der Waals surface area contributed by atoms with Crippen LogP contribution >= 0.6 is 28.3 Å². The molecule has 0 spiro atoms. The van der Waals surface area contributed by atoms with Gasteiger partial charge in [-0.25, -0.2) is 12.4 Å². The Kier molecular flexibility index (Phi) is 6.40. The van der Waals surface area contributed by atoms with Crippen molar-refractivity contribution in [2.24, 2.45) is 0 Å². The van der Waals surface area contributed by atoms with Crippen LogP contribution in [0.1, 0.15) is 5.56 Å². The van der Waals surface area contributed by atoms with Gasteiger partial charge >= 0.3 is 0 Å². The molecule has 0 aliphatic heterocycles. The van der Waals surface area contributed by atoms with Crippen LogP contribution in [0.5, 0.6) is 0 Å². The molecule has 25 heavy (non-hydrogen) atoms. The third kappa shape index (κ3) is 4.12. The van der Waals surface area contributed by atoms with Crippen molar-refractivity contribution in [2.75, 3.05) is 7.05 Å². The van der Waals surface area contributed by atoms with Crippen molar-refractivity contribution >= 4 is 38.4 Å². The lowest BCUT2D eigenvalue weighted by Crippen LogP contribution is -2.13. The van der Waals surface area contributed by atoms with E-state index in [0.29, 0.717) is 16.7 Å². The highest BCUT2D eigenvalue weighted by Crippen LogP contribution is 2.27. The molecule has 0 saturated heterocycles. The highest BCUT2D eigenvalue weighted by atomic mass is 79.9. The molecule has 3 rings (SSSR count). The molecule has 0 aliphatic carbocycles. The lowest BCUT2D eigenvalue weighted by atomic mass is 10.1. The lowest BCUT2D eigenvalue weighted by Gasteiger charge is -2.10. The first kappa shape index (κ1) is 19.7. The first-order valence-electron chi connectivity index (χ1n) is 7.30. The van der Waals surface area contributed by atoms with Crippen LogP contribution < -0.4 is 5.32 Å². The van der Waals surface area contributed by atoms with Gasteiger partial charge in [-0.05, 0) is 46.2 Å². The van der Waals surface area contributed by atoms with Crippen LogP contribution in [0.3, 0.4) is 0 Å². The molecule has 3 aromatic rings. The van der Waals surface area contributed by atoms with Gasteiger partial charge in [0.1, 0.15) is 4.90 Å². The Morgan fingerprint density at radius 3 is 2.52 bits per heavy atom. The number of pyridine rings is 1. The van der Waals surface area contributed by atoms with E-state index in [-0.39, 0.29) is 17.3 Å². The van der Waals surface area contributed by atoms with Crippen molar-refractivity contribution in [3.8, 4) is 11.3 Å². The van der Waals surface area contributed by atoms with Gasteiger partial charge < -0.3 is 5.32 Å². The van der Waals surface area contributed by atoms with E-state index in [9.17, 15) is 8.42 Å². The molecule has 132 valence electrons. The summed E-state index contributed by atoms with van der Waals surface area (Å²) >= 11 is 3.27. The van der Waals surface area contributed by atoms with Crippen LogP contribution in [-0.4, -0.2) is 24.4 Å². The van der Waals surface area contributed by atoms with E-state index >= 15 is 0 Å². The van der Waals surface area contributed by atoms with Crippen molar-refractivity contribution in [2.45, 2.75) is 11.4 Å². The molecule has 2 aromatic heterocycles. The minimum absolute atomic E-state index is 0. The van der Waals surface area contributed by atoms with E-state index < -0.39 is 10.0 Å². The third-order valence-electron chi connectivity index (χ3n) is 3.53. The quantitative estimate of drug-likeness (QED) is 0.654. The molecule has 0 fully saturated rings. The lowest BCUT2D eigenvalue weighted by molar-refractivity contribution is 0.587. The number of aromatic nitrogens is 2. The monoisotopic (exact) mass is 441 g/mol. The summed E-state index contributed by atoms with van der Waals surface area (Å²) in [7, 11) is -1.92. The predicted octanol–water partition coefficient (Wildman–Crippen LogP) is 3.69. The van der Waals surface area contributed by atoms with Crippen molar-refractivity contribution in [1.82, 2.24) is 14.3 Å². The summed E-state index contributed by atoms with van der Waals surface area (Å²) in [5.41, 5.74) is 2.36. The normalized spacial score (nSPS) is 11.1. The molecule has 0 saturated carbocycles. The summed E-state index contributed by atoms with van der Waals surface area (Å²) < 4.78 is 28.1. The van der Waals surface area contributed by atoms with Crippen molar-refractivity contribution < 1.29 is 8.42 Å². The second-order valence-corrected chi connectivity index (χ2v) is 8.00. The Hall–Kier alpha value is -1.67. The fourth-order valence-electron chi connectivity index (χ4n) is 2.46. The zero-order valence-corrected chi connectivity index (χ0v) is 16.6. The van der Waals surface area contributed by atoms with Crippen LogP contribution in [-0.2, 0) is 16.6 Å². The highest BCUT2D eigenvalue weighted by Gasteiger charge is 2.22.